The van der Waals surface area contributed by atoms with Crippen LogP contribution in [0.25, 0.3) is 38.6 Å². The van der Waals surface area contributed by atoms with Crippen LogP contribution in [-0.4, -0.2) is 67.3 Å². The third-order valence-electron chi connectivity index (χ3n) is 9.09. The molecule has 0 saturated carbocycles. The number of hydrogen-bond donors (Lipinski definition) is 1. The van der Waals surface area contributed by atoms with E-state index in [9.17, 15) is 9.59 Å². The van der Waals surface area contributed by atoms with E-state index >= 15 is 8.78 Å². The van der Waals surface area contributed by atoms with Gasteiger partial charge in [0.1, 0.15) is 17.9 Å². The highest BCUT2D eigenvalue weighted by molar-refractivity contribution is 6.04. The molecule has 236 valence electrons. The lowest BCUT2D eigenvalue weighted by Gasteiger charge is -2.45. The first-order valence-electron chi connectivity index (χ1n) is 15.2. The first kappa shape index (κ1) is 29.6. The summed E-state index contributed by atoms with van der Waals surface area (Å²) in [6, 6.07) is 4.45. The SMILES string of the molecule is C=CC(=O)N1CC(C)N2c3nc(=O)n(-c4c(C)ccnc4C(C)C)c4c(F)c(-c5c(C)ccc6[nH]ncc56)c(F)c(c34)OCC2C1. The van der Waals surface area contributed by atoms with Crippen molar-refractivity contribution in [2.75, 3.05) is 24.6 Å². The van der Waals surface area contributed by atoms with Gasteiger partial charge in [0.25, 0.3) is 0 Å². The van der Waals surface area contributed by atoms with E-state index in [-0.39, 0.29) is 59.1 Å². The second-order valence-corrected chi connectivity index (χ2v) is 12.4. The normalized spacial score (nSPS) is 17.7. The second kappa shape index (κ2) is 10.7. The third-order valence-corrected chi connectivity index (χ3v) is 9.09. The Labute approximate surface area is 263 Å². The van der Waals surface area contributed by atoms with Crippen molar-refractivity contribution in [1.82, 2.24) is 29.6 Å². The number of benzene rings is 2. The van der Waals surface area contributed by atoms with E-state index in [1.54, 1.807) is 36.2 Å². The number of aryl methyl sites for hydroxylation is 2. The highest BCUT2D eigenvalue weighted by Gasteiger charge is 2.41. The Morgan fingerprint density at radius 1 is 1.13 bits per heavy atom. The van der Waals surface area contributed by atoms with Gasteiger partial charge in [-0.25, -0.2) is 13.6 Å². The van der Waals surface area contributed by atoms with Gasteiger partial charge in [0.2, 0.25) is 5.91 Å². The zero-order chi connectivity index (χ0) is 32.6. The number of nitrogens with zero attached hydrogens (tertiary/aromatic N) is 6. The van der Waals surface area contributed by atoms with Crippen molar-refractivity contribution in [3.05, 3.63) is 82.2 Å². The number of fused-ring (bicyclic) bond motifs is 3. The molecule has 12 heteroatoms. The molecule has 1 N–H and O–H groups in total. The first-order chi connectivity index (χ1) is 22.0. The average molecular weight is 626 g/mol. The van der Waals surface area contributed by atoms with E-state index in [0.717, 1.165) is 0 Å². The quantitative estimate of drug-likeness (QED) is 0.269. The van der Waals surface area contributed by atoms with Crippen LogP contribution in [0, 0.1) is 25.5 Å². The summed E-state index contributed by atoms with van der Waals surface area (Å²) in [4.78, 5) is 39.5. The Kier molecular flexibility index (Phi) is 6.91. The predicted octanol–water partition coefficient (Wildman–Crippen LogP) is 5.33. The van der Waals surface area contributed by atoms with Crippen LogP contribution in [0.1, 0.15) is 43.5 Å². The lowest BCUT2D eigenvalue weighted by molar-refractivity contribution is -0.127. The van der Waals surface area contributed by atoms with Gasteiger partial charge in [-0.1, -0.05) is 26.5 Å². The van der Waals surface area contributed by atoms with Crippen molar-refractivity contribution < 1.29 is 18.3 Å². The zero-order valence-corrected chi connectivity index (χ0v) is 26.2. The van der Waals surface area contributed by atoms with E-state index < -0.39 is 23.4 Å². The van der Waals surface area contributed by atoms with Crippen LogP contribution in [-0.2, 0) is 4.79 Å². The van der Waals surface area contributed by atoms with Crippen LogP contribution in [0.3, 0.4) is 0 Å². The molecule has 0 radical (unpaired) electrons. The summed E-state index contributed by atoms with van der Waals surface area (Å²) < 4.78 is 42.2. The molecule has 1 fully saturated rings. The van der Waals surface area contributed by atoms with Gasteiger partial charge in [-0.05, 0) is 56.0 Å². The molecule has 2 aromatic carbocycles. The predicted molar refractivity (Wildman–Crippen MR) is 172 cm³/mol. The van der Waals surface area contributed by atoms with Crippen molar-refractivity contribution in [2.24, 2.45) is 0 Å². The fraction of sp³-hybridized carbons (Fsp3) is 0.324. The topological polar surface area (TPSA) is 109 Å². The number of anilines is 1. The average Bonchev–Trinajstić information content (AvgIpc) is 3.43. The fourth-order valence-electron chi connectivity index (χ4n) is 7.04. The number of hydrogen-bond acceptors (Lipinski definition) is 7. The molecule has 5 aromatic rings. The minimum Gasteiger partial charge on any atom is -0.487 e. The number of amides is 1. The number of pyridine rings is 1. The number of H-pyrrole nitrogens is 1. The molecule has 2 aliphatic rings. The molecule has 3 aromatic heterocycles. The molecule has 1 amide bonds. The second-order valence-electron chi connectivity index (χ2n) is 12.4. The molecule has 2 aliphatic heterocycles. The third kappa shape index (κ3) is 4.22. The van der Waals surface area contributed by atoms with E-state index in [1.165, 1.54) is 16.8 Å². The van der Waals surface area contributed by atoms with Gasteiger partial charge in [0, 0.05) is 36.3 Å². The van der Waals surface area contributed by atoms with Crippen LogP contribution in [0.4, 0.5) is 14.6 Å². The Balaban J connectivity index is 1.64. The molecule has 0 aliphatic carbocycles. The Hall–Kier alpha value is -5.13. The van der Waals surface area contributed by atoms with Crippen LogP contribution in [0.15, 0.2) is 48.0 Å². The maximum atomic E-state index is 17.6. The van der Waals surface area contributed by atoms with E-state index in [2.05, 4.69) is 26.7 Å². The number of ether oxygens (including phenoxy) is 1. The van der Waals surface area contributed by atoms with Gasteiger partial charge in [0.05, 0.1) is 40.1 Å². The minimum atomic E-state index is -0.929. The van der Waals surface area contributed by atoms with Crippen LogP contribution in [0.5, 0.6) is 5.75 Å². The summed E-state index contributed by atoms with van der Waals surface area (Å²) >= 11 is 0. The Morgan fingerprint density at radius 3 is 2.65 bits per heavy atom. The lowest BCUT2D eigenvalue weighted by atomic mass is 9.94. The number of piperazine rings is 1. The van der Waals surface area contributed by atoms with Crippen LogP contribution >= 0.6 is 0 Å². The van der Waals surface area contributed by atoms with Gasteiger partial charge >= 0.3 is 5.69 Å². The van der Waals surface area contributed by atoms with Gasteiger partial charge in [0.15, 0.2) is 17.4 Å². The first-order valence-corrected chi connectivity index (χ1v) is 15.2. The summed E-state index contributed by atoms with van der Waals surface area (Å²) in [5, 5.41) is 7.56. The molecule has 2 unspecified atom stereocenters. The molecule has 5 heterocycles. The zero-order valence-electron chi connectivity index (χ0n) is 26.2. The van der Waals surface area contributed by atoms with Crippen LogP contribution in [0.2, 0.25) is 0 Å². The fourth-order valence-corrected chi connectivity index (χ4v) is 7.04. The Morgan fingerprint density at radius 2 is 1.91 bits per heavy atom. The number of aromatic nitrogens is 5. The largest absolute Gasteiger partial charge is 0.487 e. The lowest BCUT2D eigenvalue weighted by Crippen LogP contribution is -2.61. The maximum absolute atomic E-state index is 17.6. The van der Waals surface area contributed by atoms with E-state index in [4.69, 9.17) is 4.74 Å². The molecule has 2 atom stereocenters. The molecule has 1 saturated heterocycles. The summed E-state index contributed by atoms with van der Waals surface area (Å²) in [5.74, 6) is -2.32. The summed E-state index contributed by atoms with van der Waals surface area (Å²) in [6.07, 6.45) is 4.42. The number of halogens is 2. The monoisotopic (exact) mass is 625 g/mol. The van der Waals surface area contributed by atoms with Crippen LogP contribution < -0.4 is 15.3 Å². The van der Waals surface area contributed by atoms with Gasteiger partial charge in [-0.2, -0.15) is 10.1 Å². The molecule has 0 bridgehead atoms. The smallest absolute Gasteiger partial charge is 0.354 e. The standard InChI is InChI=1S/C34H33F2N7O3/c1-7-23(44)41-13-19(6)42-20(14-41)15-46-32-26-31(27(35)25(28(32)36)24-17(4)8-9-22-21(24)12-38-40-22)43(34(45)39-33(26)42)30-18(5)10-11-37-29(30)16(2)3/h7-12,16,19-20H,1,13-15H2,2-6H3,(H,38,40). The van der Waals surface area contributed by atoms with Crippen molar-refractivity contribution >= 4 is 33.5 Å². The van der Waals surface area contributed by atoms with Gasteiger partial charge in [-0.15, -0.1) is 0 Å². The summed E-state index contributed by atoms with van der Waals surface area (Å²) in [6.45, 7) is 13.4. The highest BCUT2D eigenvalue weighted by atomic mass is 19.1. The highest BCUT2D eigenvalue weighted by Crippen LogP contribution is 2.47. The van der Waals surface area contributed by atoms with Gasteiger partial charge < -0.3 is 14.5 Å². The van der Waals surface area contributed by atoms with Crippen molar-refractivity contribution in [1.29, 1.82) is 0 Å². The molecular weight excluding hydrogens is 592 g/mol. The van der Waals surface area contributed by atoms with Crippen molar-refractivity contribution in [3.8, 4) is 22.6 Å². The summed E-state index contributed by atoms with van der Waals surface area (Å²) in [7, 11) is 0. The molecule has 0 spiro atoms. The van der Waals surface area contributed by atoms with Gasteiger partial charge in [-0.3, -0.25) is 19.4 Å². The van der Waals surface area contributed by atoms with Crippen molar-refractivity contribution in [2.45, 2.75) is 52.6 Å². The van der Waals surface area contributed by atoms with E-state index in [1.807, 2.05) is 32.6 Å². The molecule has 10 nitrogen and oxygen atoms in total. The minimum absolute atomic E-state index is 0.0367. The van der Waals surface area contributed by atoms with E-state index in [0.29, 0.717) is 45.5 Å². The van der Waals surface area contributed by atoms with Crippen molar-refractivity contribution in [3.63, 3.8) is 0 Å². The molecular formula is C34H33F2N7O3. The number of nitrogens with one attached hydrogen (secondary N) is 1. The number of rotatable bonds is 4. The number of aromatic amines is 1. The molecule has 46 heavy (non-hydrogen) atoms. The number of carbonyl (C=O) groups excluding carboxylic acids is 1. The molecule has 7 rings (SSSR count). The summed E-state index contributed by atoms with van der Waals surface area (Å²) in [5.41, 5.74) is 1.91. The Bertz CT molecular complexity index is 2160. The maximum Gasteiger partial charge on any atom is 0.354 e. The number of carbonyl (C=O) groups is 1.